The van der Waals surface area contributed by atoms with Gasteiger partial charge in [0.25, 0.3) is 0 Å². The van der Waals surface area contributed by atoms with E-state index in [0.717, 1.165) is 24.7 Å². The summed E-state index contributed by atoms with van der Waals surface area (Å²) in [7, 11) is 0. The minimum Gasteiger partial charge on any atom is -0.390 e. The average molecular weight is 196 g/mol. The Labute approximate surface area is 85.6 Å². The van der Waals surface area contributed by atoms with Crippen LogP contribution < -0.4 is 0 Å². The molecule has 3 aliphatic carbocycles. The predicted octanol–water partition coefficient (Wildman–Crippen LogP) is 2.10. The van der Waals surface area contributed by atoms with E-state index in [9.17, 15) is 5.11 Å². The zero-order chi connectivity index (χ0) is 9.76. The van der Waals surface area contributed by atoms with Crippen LogP contribution in [-0.4, -0.2) is 22.9 Å². The van der Waals surface area contributed by atoms with Gasteiger partial charge in [-0.15, -0.1) is 0 Å². The summed E-state index contributed by atoms with van der Waals surface area (Å²) in [5, 5.41) is 9.94. The molecule has 2 heteroatoms. The second kappa shape index (κ2) is 2.96. The molecule has 0 radical (unpaired) electrons. The lowest BCUT2D eigenvalue weighted by atomic mass is 10.0. The van der Waals surface area contributed by atoms with Crippen molar-refractivity contribution >= 4 is 0 Å². The highest BCUT2D eigenvalue weighted by Gasteiger charge is 2.47. The van der Waals surface area contributed by atoms with Gasteiger partial charge in [0.05, 0.1) is 17.8 Å². The van der Waals surface area contributed by atoms with Gasteiger partial charge in [-0.05, 0) is 57.3 Å². The lowest BCUT2D eigenvalue weighted by Crippen LogP contribution is -2.22. The van der Waals surface area contributed by atoms with Crippen LogP contribution in [0, 0.1) is 11.8 Å². The van der Waals surface area contributed by atoms with Crippen LogP contribution in [0.5, 0.6) is 0 Å². The Morgan fingerprint density at radius 2 is 1.64 bits per heavy atom. The maximum atomic E-state index is 9.94. The van der Waals surface area contributed by atoms with Crippen molar-refractivity contribution in [1.82, 2.24) is 0 Å². The Kier molecular flexibility index (Phi) is 1.94. The van der Waals surface area contributed by atoms with Crippen molar-refractivity contribution in [1.29, 1.82) is 0 Å². The van der Waals surface area contributed by atoms with E-state index in [1.807, 2.05) is 6.92 Å². The van der Waals surface area contributed by atoms with E-state index in [0.29, 0.717) is 12.2 Å². The van der Waals surface area contributed by atoms with E-state index < -0.39 is 0 Å². The van der Waals surface area contributed by atoms with Crippen molar-refractivity contribution in [2.24, 2.45) is 11.8 Å². The summed E-state index contributed by atoms with van der Waals surface area (Å²) in [6.45, 7) is 1.99. The molecule has 3 fully saturated rings. The topological polar surface area (TPSA) is 29.5 Å². The second-order valence-corrected chi connectivity index (χ2v) is 5.85. The summed E-state index contributed by atoms with van der Waals surface area (Å²) < 4.78 is 5.95. The fourth-order valence-corrected chi connectivity index (χ4v) is 3.46. The zero-order valence-electron chi connectivity index (χ0n) is 8.91. The summed E-state index contributed by atoms with van der Waals surface area (Å²) in [4.78, 5) is 0. The SMILES string of the molecule is CC1(O)C[C@H]2CC(OC3CC3)C[C@H]2C1. The van der Waals surface area contributed by atoms with Gasteiger partial charge >= 0.3 is 0 Å². The summed E-state index contributed by atoms with van der Waals surface area (Å²) in [6.07, 6.45) is 8.10. The quantitative estimate of drug-likeness (QED) is 0.733. The van der Waals surface area contributed by atoms with Crippen molar-refractivity contribution in [3.05, 3.63) is 0 Å². The number of fused-ring (bicyclic) bond motifs is 1. The molecule has 2 nitrogen and oxygen atoms in total. The third-order valence-electron chi connectivity index (χ3n) is 4.11. The second-order valence-electron chi connectivity index (χ2n) is 5.85. The van der Waals surface area contributed by atoms with E-state index in [1.165, 1.54) is 25.7 Å². The Morgan fingerprint density at radius 3 is 2.14 bits per heavy atom. The molecule has 0 bridgehead atoms. The minimum absolute atomic E-state index is 0.375. The zero-order valence-corrected chi connectivity index (χ0v) is 8.91. The monoisotopic (exact) mass is 196 g/mol. The van der Waals surface area contributed by atoms with Crippen LogP contribution in [0.25, 0.3) is 0 Å². The highest BCUT2D eigenvalue weighted by atomic mass is 16.5. The molecule has 2 unspecified atom stereocenters. The largest absolute Gasteiger partial charge is 0.390 e. The van der Waals surface area contributed by atoms with E-state index >= 15 is 0 Å². The standard InChI is InChI=1S/C12H20O2/c1-12(13)6-8-4-11(5-9(8)7-12)14-10-2-3-10/h8-11,13H,2-7H2,1H3/t8-,9+,11?,12?. The summed E-state index contributed by atoms with van der Waals surface area (Å²) in [6, 6.07) is 0. The molecular weight excluding hydrogens is 176 g/mol. The average Bonchev–Trinajstić information content (AvgIpc) is 2.70. The van der Waals surface area contributed by atoms with Gasteiger partial charge in [0.15, 0.2) is 0 Å². The molecule has 0 aromatic carbocycles. The highest BCUT2D eigenvalue weighted by Crippen LogP contribution is 2.50. The Morgan fingerprint density at radius 1 is 1.07 bits per heavy atom. The van der Waals surface area contributed by atoms with Gasteiger partial charge in [-0.25, -0.2) is 0 Å². The molecule has 0 aromatic heterocycles. The first-order valence-electron chi connectivity index (χ1n) is 6.00. The number of rotatable bonds is 2. The van der Waals surface area contributed by atoms with Crippen LogP contribution in [0.1, 0.15) is 45.4 Å². The van der Waals surface area contributed by atoms with Gasteiger partial charge in [0, 0.05) is 0 Å². The summed E-state index contributed by atoms with van der Waals surface area (Å²) in [5.41, 5.74) is -0.375. The third kappa shape index (κ3) is 1.70. The van der Waals surface area contributed by atoms with Gasteiger partial charge in [0.1, 0.15) is 0 Å². The first-order chi connectivity index (χ1) is 6.62. The maximum absolute atomic E-state index is 9.94. The van der Waals surface area contributed by atoms with Crippen molar-refractivity contribution < 1.29 is 9.84 Å². The van der Waals surface area contributed by atoms with Gasteiger partial charge < -0.3 is 9.84 Å². The molecule has 80 valence electrons. The van der Waals surface area contributed by atoms with Crippen LogP contribution in [0.4, 0.5) is 0 Å². The molecule has 0 aliphatic heterocycles. The van der Waals surface area contributed by atoms with Crippen molar-refractivity contribution in [3.8, 4) is 0 Å². The third-order valence-corrected chi connectivity index (χ3v) is 4.11. The van der Waals surface area contributed by atoms with Crippen LogP contribution >= 0.6 is 0 Å². The molecule has 0 aromatic rings. The number of hydrogen-bond acceptors (Lipinski definition) is 2. The van der Waals surface area contributed by atoms with Crippen molar-refractivity contribution in [2.75, 3.05) is 0 Å². The van der Waals surface area contributed by atoms with Crippen LogP contribution in [0.15, 0.2) is 0 Å². The maximum Gasteiger partial charge on any atom is 0.0625 e. The van der Waals surface area contributed by atoms with E-state index in [2.05, 4.69) is 0 Å². The van der Waals surface area contributed by atoms with Crippen molar-refractivity contribution in [2.45, 2.75) is 63.3 Å². The fraction of sp³-hybridized carbons (Fsp3) is 1.00. The van der Waals surface area contributed by atoms with E-state index in [1.54, 1.807) is 0 Å². The molecule has 0 heterocycles. The molecule has 3 rings (SSSR count). The first-order valence-corrected chi connectivity index (χ1v) is 6.00. The number of aliphatic hydroxyl groups is 1. The van der Waals surface area contributed by atoms with E-state index in [-0.39, 0.29) is 5.60 Å². The molecule has 4 atom stereocenters. The Balaban J connectivity index is 1.57. The molecule has 1 N–H and O–H groups in total. The van der Waals surface area contributed by atoms with Crippen LogP contribution in [-0.2, 0) is 4.74 Å². The van der Waals surface area contributed by atoms with Gasteiger partial charge in [-0.3, -0.25) is 0 Å². The van der Waals surface area contributed by atoms with Gasteiger partial charge in [0.2, 0.25) is 0 Å². The van der Waals surface area contributed by atoms with Crippen LogP contribution in [0.2, 0.25) is 0 Å². The number of hydrogen-bond donors (Lipinski definition) is 1. The Hall–Kier alpha value is -0.0800. The minimum atomic E-state index is -0.375. The lowest BCUT2D eigenvalue weighted by molar-refractivity contribution is 0.0203. The molecule has 0 amide bonds. The Bertz CT molecular complexity index is 216. The van der Waals surface area contributed by atoms with E-state index in [4.69, 9.17) is 4.74 Å². The first kappa shape index (κ1) is 9.17. The predicted molar refractivity (Wildman–Crippen MR) is 54.0 cm³/mol. The van der Waals surface area contributed by atoms with Crippen LogP contribution in [0.3, 0.4) is 0 Å². The van der Waals surface area contributed by atoms with Crippen molar-refractivity contribution in [3.63, 3.8) is 0 Å². The van der Waals surface area contributed by atoms with Gasteiger partial charge in [-0.1, -0.05) is 0 Å². The highest BCUT2D eigenvalue weighted by molar-refractivity contribution is 4.98. The fourth-order valence-electron chi connectivity index (χ4n) is 3.46. The summed E-state index contributed by atoms with van der Waals surface area (Å²) >= 11 is 0. The molecule has 3 aliphatic rings. The summed E-state index contributed by atoms with van der Waals surface area (Å²) in [5.74, 6) is 1.49. The smallest absolute Gasteiger partial charge is 0.0625 e. The molecule has 0 spiro atoms. The molecule has 14 heavy (non-hydrogen) atoms. The molecular formula is C12H20O2. The molecule has 3 saturated carbocycles. The number of ether oxygens (including phenoxy) is 1. The lowest BCUT2D eigenvalue weighted by Gasteiger charge is -2.19. The molecule has 0 saturated heterocycles. The normalized spacial score (nSPS) is 52.3. The van der Waals surface area contributed by atoms with Gasteiger partial charge in [-0.2, -0.15) is 0 Å².